The number of amides is 1. The Morgan fingerprint density at radius 3 is 2.32 bits per heavy atom. The van der Waals surface area contributed by atoms with Crippen LogP contribution in [0.3, 0.4) is 0 Å². The molecule has 1 rings (SSSR count). The van der Waals surface area contributed by atoms with E-state index >= 15 is 0 Å². The predicted molar refractivity (Wildman–Crippen MR) is 72.6 cm³/mol. The van der Waals surface area contributed by atoms with Crippen molar-refractivity contribution in [2.45, 2.75) is 32.4 Å². The van der Waals surface area contributed by atoms with Gasteiger partial charge in [0.25, 0.3) is 0 Å². The normalized spacial score (nSPS) is 12.6. The number of carbonyl (C=O) groups excluding carboxylic acids is 2. The number of nitrogens with one attached hydrogen (secondary N) is 1. The molecule has 0 aromatic heterocycles. The molecule has 1 aromatic rings. The smallest absolute Gasteiger partial charge is 0.408 e. The van der Waals surface area contributed by atoms with Gasteiger partial charge in [-0.15, -0.1) is 0 Å². The van der Waals surface area contributed by atoms with Crippen LogP contribution in [0.25, 0.3) is 0 Å². The largest absolute Gasteiger partial charge is 0.444 e. The van der Waals surface area contributed by atoms with E-state index in [0.717, 1.165) is 0 Å². The van der Waals surface area contributed by atoms with Crippen LogP contribution in [0.1, 0.15) is 32.4 Å². The number of carbonyl (C=O) groups is 2. The van der Waals surface area contributed by atoms with Crippen LogP contribution >= 0.6 is 0 Å². The lowest BCUT2D eigenvalue weighted by molar-refractivity contribution is -0.119. The lowest BCUT2D eigenvalue weighted by atomic mass is 10.0. The number of benzene rings is 1. The fourth-order valence-electron chi connectivity index (χ4n) is 1.54. The molecule has 0 saturated heterocycles. The van der Waals surface area contributed by atoms with E-state index in [1.165, 1.54) is 0 Å². The monoisotopic (exact) mass is 264 g/mol. The van der Waals surface area contributed by atoms with Crippen LogP contribution in [0.4, 0.5) is 4.79 Å². The third-order valence-electron chi connectivity index (χ3n) is 2.32. The van der Waals surface area contributed by atoms with Gasteiger partial charge in [-0.1, -0.05) is 30.3 Å². The quantitative estimate of drug-likeness (QED) is 0.868. The van der Waals surface area contributed by atoms with Crippen LogP contribution in [0, 0.1) is 0 Å². The van der Waals surface area contributed by atoms with Crippen LogP contribution in [0.15, 0.2) is 30.3 Å². The standard InChI is InChI=1S/C14H20N2O3/c1-14(2,3)19-13(18)16-12(11(17)9-15)10-7-5-4-6-8-10/h4-8,12H,9,15H2,1-3H3,(H,16,18). The molecular formula is C14H20N2O3. The Labute approximate surface area is 113 Å². The minimum absolute atomic E-state index is 0.143. The van der Waals surface area contributed by atoms with Gasteiger partial charge in [0.2, 0.25) is 0 Å². The topological polar surface area (TPSA) is 81.4 Å². The van der Waals surface area contributed by atoms with Gasteiger partial charge in [-0.25, -0.2) is 4.79 Å². The van der Waals surface area contributed by atoms with Crippen molar-refractivity contribution < 1.29 is 14.3 Å². The van der Waals surface area contributed by atoms with Gasteiger partial charge < -0.3 is 15.8 Å². The first-order valence-corrected chi connectivity index (χ1v) is 6.11. The molecule has 0 bridgehead atoms. The van der Waals surface area contributed by atoms with Crippen molar-refractivity contribution >= 4 is 11.9 Å². The summed E-state index contributed by atoms with van der Waals surface area (Å²) in [6, 6.07) is 8.17. The first-order valence-electron chi connectivity index (χ1n) is 6.11. The summed E-state index contributed by atoms with van der Waals surface area (Å²) < 4.78 is 5.14. The van der Waals surface area contributed by atoms with Gasteiger partial charge in [-0.3, -0.25) is 4.79 Å². The fourth-order valence-corrected chi connectivity index (χ4v) is 1.54. The SMILES string of the molecule is CC(C)(C)OC(=O)NC(C(=O)CN)c1ccccc1. The van der Waals surface area contributed by atoms with Gasteiger partial charge in [-0.2, -0.15) is 0 Å². The van der Waals surface area contributed by atoms with Gasteiger partial charge in [0.1, 0.15) is 11.6 Å². The average Bonchev–Trinajstić information content (AvgIpc) is 2.34. The molecule has 0 aliphatic rings. The van der Waals surface area contributed by atoms with E-state index in [-0.39, 0.29) is 12.3 Å². The van der Waals surface area contributed by atoms with Crippen LogP contribution in [-0.4, -0.2) is 24.0 Å². The average molecular weight is 264 g/mol. The molecule has 1 atom stereocenters. The van der Waals surface area contributed by atoms with E-state index in [9.17, 15) is 9.59 Å². The van der Waals surface area contributed by atoms with Gasteiger partial charge in [-0.05, 0) is 26.3 Å². The van der Waals surface area contributed by atoms with E-state index in [1.54, 1.807) is 45.0 Å². The number of ketones is 1. The van der Waals surface area contributed by atoms with E-state index in [4.69, 9.17) is 10.5 Å². The highest BCUT2D eigenvalue weighted by atomic mass is 16.6. The summed E-state index contributed by atoms with van der Waals surface area (Å²) in [5.74, 6) is -0.267. The molecule has 1 aromatic carbocycles. The highest BCUT2D eigenvalue weighted by molar-refractivity contribution is 5.89. The maximum Gasteiger partial charge on any atom is 0.408 e. The number of ether oxygens (including phenoxy) is 1. The number of hydrogen-bond acceptors (Lipinski definition) is 4. The molecule has 0 fully saturated rings. The van der Waals surface area contributed by atoms with Crippen LogP contribution < -0.4 is 11.1 Å². The van der Waals surface area contributed by atoms with Crippen molar-refractivity contribution in [3.8, 4) is 0 Å². The minimum Gasteiger partial charge on any atom is -0.444 e. The van der Waals surface area contributed by atoms with Crippen molar-refractivity contribution in [1.29, 1.82) is 0 Å². The van der Waals surface area contributed by atoms with Crippen molar-refractivity contribution in [2.75, 3.05) is 6.54 Å². The van der Waals surface area contributed by atoms with Gasteiger partial charge in [0.15, 0.2) is 5.78 Å². The molecule has 5 heteroatoms. The Balaban J connectivity index is 2.83. The number of rotatable bonds is 4. The van der Waals surface area contributed by atoms with Gasteiger partial charge in [0.05, 0.1) is 6.54 Å². The zero-order valence-corrected chi connectivity index (χ0v) is 11.5. The summed E-state index contributed by atoms with van der Waals surface area (Å²) in [4.78, 5) is 23.6. The highest BCUT2D eigenvalue weighted by Crippen LogP contribution is 2.15. The van der Waals surface area contributed by atoms with E-state index < -0.39 is 17.7 Å². The molecule has 0 saturated carbocycles. The fraction of sp³-hybridized carbons (Fsp3) is 0.429. The first kappa shape index (κ1) is 15.2. The summed E-state index contributed by atoms with van der Waals surface area (Å²) in [7, 11) is 0. The Morgan fingerprint density at radius 2 is 1.84 bits per heavy atom. The molecule has 0 aliphatic heterocycles. The van der Waals surface area contributed by atoms with E-state index in [1.807, 2.05) is 6.07 Å². The summed E-state index contributed by atoms with van der Waals surface area (Å²) in [5.41, 5.74) is 5.44. The third-order valence-corrected chi connectivity index (χ3v) is 2.32. The van der Waals surface area contributed by atoms with Crippen molar-refractivity contribution in [1.82, 2.24) is 5.32 Å². The van der Waals surface area contributed by atoms with Gasteiger partial charge >= 0.3 is 6.09 Å². The van der Waals surface area contributed by atoms with Crippen molar-refractivity contribution in [3.05, 3.63) is 35.9 Å². The number of nitrogens with two attached hydrogens (primary N) is 1. The summed E-state index contributed by atoms with van der Waals surface area (Å²) in [6.07, 6.45) is -0.636. The lowest BCUT2D eigenvalue weighted by Crippen LogP contribution is -2.40. The highest BCUT2D eigenvalue weighted by Gasteiger charge is 2.24. The van der Waals surface area contributed by atoms with Crippen LogP contribution in [0.2, 0.25) is 0 Å². The maximum absolute atomic E-state index is 11.8. The molecule has 1 amide bonds. The van der Waals surface area contributed by atoms with E-state index in [0.29, 0.717) is 5.56 Å². The van der Waals surface area contributed by atoms with Gasteiger partial charge in [0, 0.05) is 0 Å². The Kier molecular flexibility index (Phi) is 5.06. The van der Waals surface area contributed by atoms with Crippen LogP contribution in [0.5, 0.6) is 0 Å². The molecule has 3 N–H and O–H groups in total. The second-order valence-electron chi connectivity index (χ2n) is 5.16. The maximum atomic E-state index is 11.8. The minimum atomic E-state index is -0.777. The van der Waals surface area contributed by atoms with Crippen molar-refractivity contribution in [3.63, 3.8) is 0 Å². The summed E-state index contributed by atoms with van der Waals surface area (Å²) in [6.45, 7) is 5.13. The lowest BCUT2D eigenvalue weighted by Gasteiger charge is -2.23. The molecule has 0 radical (unpaired) electrons. The summed E-state index contributed by atoms with van der Waals surface area (Å²) >= 11 is 0. The molecule has 0 spiro atoms. The number of alkyl carbamates (subject to hydrolysis) is 1. The Hall–Kier alpha value is -1.88. The zero-order valence-electron chi connectivity index (χ0n) is 11.5. The number of hydrogen-bond donors (Lipinski definition) is 2. The van der Waals surface area contributed by atoms with E-state index in [2.05, 4.69) is 5.32 Å². The molecule has 0 heterocycles. The first-order chi connectivity index (χ1) is 8.83. The molecule has 104 valence electrons. The second-order valence-corrected chi connectivity index (χ2v) is 5.16. The number of Topliss-reactive ketones (excluding diaryl/α,β-unsaturated/α-hetero) is 1. The molecule has 0 aliphatic carbocycles. The molecular weight excluding hydrogens is 244 g/mol. The Bertz CT molecular complexity index is 438. The molecule has 1 unspecified atom stereocenters. The molecule has 19 heavy (non-hydrogen) atoms. The summed E-state index contributed by atoms with van der Waals surface area (Å²) in [5, 5.41) is 2.55. The zero-order chi connectivity index (χ0) is 14.5. The predicted octanol–water partition coefficient (Wildman–Crippen LogP) is 1.78. The van der Waals surface area contributed by atoms with Crippen molar-refractivity contribution in [2.24, 2.45) is 5.73 Å². The van der Waals surface area contributed by atoms with Crippen LogP contribution in [-0.2, 0) is 9.53 Å². The second kappa shape index (κ2) is 6.33. The third kappa shape index (κ3) is 5.09. The molecule has 5 nitrogen and oxygen atoms in total. The Morgan fingerprint density at radius 1 is 1.26 bits per heavy atom.